The Balaban J connectivity index is 4.48. The van der Waals surface area contributed by atoms with Crippen molar-refractivity contribution in [1.29, 1.82) is 0 Å². The zero-order chi connectivity index (χ0) is 29.5. The highest BCUT2D eigenvalue weighted by Crippen LogP contribution is 2.53. The third kappa shape index (κ3) is 10.2. The van der Waals surface area contributed by atoms with Gasteiger partial charge in [-0.05, 0) is 17.8 Å². The largest absolute Gasteiger partial charge is 0.465 e. The van der Waals surface area contributed by atoms with Crippen molar-refractivity contribution in [2.45, 2.75) is 84.2 Å². The summed E-state index contributed by atoms with van der Waals surface area (Å²) in [6, 6.07) is 0. The van der Waals surface area contributed by atoms with Crippen LogP contribution in [0.25, 0.3) is 0 Å². The maximum Gasteiger partial charge on any atom is 0.460 e. The highest BCUT2D eigenvalue weighted by Gasteiger charge is 2.81. The van der Waals surface area contributed by atoms with Gasteiger partial charge in [-0.25, -0.2) is 0 Å². The molecule has 218 valence electrons. The van der Waals surface area contributed by atoms with Crippen LogP contribution in [-0.2, 0) is 28.6 Å². The second kappa shape index (κ2) is 13.0. The Labute approximate surface area is 208 Å². The number of esters is 3. The summed E-state index contributed by atoms with van der Waals surface area (Å²) in [5, 5.41) is 0. The lowest BCUT2D eigenvalue weighted by Gasteiger charge is -2.33. The van der Waals surface area contributed by atoms with Gasteiger partial charge in [0.1, 0.15) is 13.2 Å². The van der Waals surface area contributed by atoms with Gasteiger partial charge in [-0.3, -0.25) is 14.4 Å². The minimum Gasteiger partial charge on any atom is -0.465 e. The monoisotopic (exact) mass is 562 g/mol. The zero-order valence-electron chi connectivity index (χ0n) is 21.0. The summed E-state index contributed by atoms with van der Waals surface area (Å²) in [7, 11) is 0. The smallest absolute Gasteiger partial charge is 0.460 e. The molecule has 1 unspecified atom stereocenters. The Bertz CT molecular complexity index is 774. The molecule has 0 saturated carbocycles. The Kier molecular flexibility index (Phi) is 12.2. The molecule has 0 N–H and O–H groups in total. The first-order valence-electron chi connectivity index (χ1n) is 11.2. The first-order chi connectivity index (χ1) is 16.5. The lowest BCUT2D eigenvalue weighted by molar-refractivity contribution is -0.397. The van der Waals surface area contributed by atoms with Crippen molar-refractivity contribution < 1.29 is 68.1 Å². The van der Waals surface area contributed by atoms with E-state index in [1.54, 1.807) is 0 Å². The molecule has 15 heteroatoms. The second-order valence-electron chi connectivity index (χ2n) is 9.76. The third-order valence-electron chi connectivity index (χ3n) is 5.05. The average Bonchev–Trinajstić information content (AvgIpc) is 2.71. The SMILES string of the molecule is CC(C)CC(C(=O)OCCOC(=O)CCC(=O)OCCC(F)(F)C(F)(F)C(F)(F)C(F)(F)F)C(C)(C)C. The molecule has 0 radical (unpaired) electrons. The van der Waals surface area contributed by atoms with Crippen LogP contribution in [0.15, 0.2) is 0 Å². The minimum atomic E-state index is -7.03. The molecule has 0 heterocycles. The predicted octanol–water partition coefficient (Wildman–Crippen LogP) is 5.96. The fraction of sp³-hybridized carbons (Fsp3) is 0.864. The molecule has 0 aliphatic heterocycles. The number of halogens is 9. The van der Waals surface area contributed by atoms with Crippen LogP contribution in [0.5, 0.6) is 0 Å². The van der Waals surface area contributed by atoms with Crippen LogP contribution in [0.3, 0.4) is 0 Å². The maximum absolute atomic E-state index is 13.4. The van der Waals surface area contributed by atoms with E-state index in [1.165, 1.54) is 0 Å². The van der Waals surface area contributed by atoms with E-state index < -0.39 is 73.6 Å². The predicted molar refractivity (Wildman–Crippen MR) is 110 cm³/mol. The van der Waals surface area contributed by atoms with Crippen molar-refractivity contribution in [2.24, 2.45) is 17.3 Å². The molecule has 0 saturated heterocycles. The van der Waals surface area contributed by atoms with E-state index in [0.29, 0.717) is 6.42 Å². The number of carbonyl (C=O) groups excluding carboxylic acids is 3. The van der Waals surface area contributed by atoms with Gasteiger partial charge in [-0.15, -0.1) is 0 Å². The number of rotatable bonds is 14. The van der Waals surface area contributed by atoms with Crippen LogP contribution >= 0.6 is 0 Å². The van der Waals surface area contributed by atoms with Crippen molar-refractivity contribution in [2.75, 3.05) is 19.8 Å². The van der Waals surface area contributed by atoms with E-state index in [0.717, 1.165) is 0 Å². The quantitative estimate of drug-likeness (QED) is 0.113. The van der Waals surface area contributed by atoms with Crippen LogP contribution in [0, 0.1) is 17.3 Å². The molecule has 1 atom stereocenters. The van der Waals surface area contributed by atoms with E-state index in [1.807, 2.05) is 34.6 Å². The number of alkyl halides is 9. The molecule has 0 fully saturated rings. The molecule has 0 aromatic heterocycles. The molecular weight excluding hydrogens is 531 g/mol. The van der Waals surface area contributed by atoms with Gasteiger partial charge in [0.25, 0.3) is 0 Å². The van der Waals surface area contributed by atoms with Gasteiger partial charge in [0.05, 0.1) is 31.8 Å². The van der Waals surface area contributed by atoms with E-state index >= 15 is 0 Å². The zero-order valence-corrected chi connectivity index (χ0v) is 21.0. The van der Waals surface area contributed by atoms with Crippen LogP contribution in [0.1, 0.15) is 60.3 Å². The van der Waals surface area contributed by atoms with E-state index in [-0.39, 0.29) is 24.5 Å². The average molecular weight is 562 g/mol. The maximum atomic E-state index is 13.4. The number of hydrogen-bond acceptors (Lipinski definition) is 6. The van der Waals surface area contributed by atoms with Gasteiger partial charge in [-0.2, -0.15) is 39.5 Å². The number of carbonyl (C=O) groups is 3. The van der Waals surface area contributed by atoms with Crippen LogP contribution in [0.2, 0.25) is 0 Å². The molecular formula is C22H31F9O6. The molecule has 0 aliphatic rings. The lowest BCUT2D eigenvalue weighted by atomic mass is 9.76. The van der Waals surface area contributed by atoms with E-state index in [9.17, 15) is 53.9 Å². The summed E-state index contributed by atoms with van der Waals surface area (Å²) in [5.41, 5.74) is -0.378. The highest BCUT2D eigenvalue weighted by molar-refractivity contribution is 5.77. The Morgan fingerprint density at radius 1 is 0.676 bits per heavy atom. The van der Waals surface area contributed by atoms with Crippen LogP contribution in [-0.4, -0.2) is 61.7 Å². The van der Waals surface area contributed by atoms with Gasteiger partial charge in [-0.1, -0.05) is 34.6 Å². The first-order valence-corrected chi connectivity index (χ1v) is 11.2. The summed E-state index contributed by atoms with van der Waals surface area (Å²) < 4.78 is 129. The summed E-state index contributed by atoms with van der Waals surface area (Å²) in [6.45, 7) is 7.20. The van der Waals surface area contributed by atoms with Crippen LogP contribution < -0.4 is 0 Å². The lowest BCUT2D eigenvalue weighted by Crippen LogP contribution is -2.61. The molecule has 37 heavy (non-hydrogen) atoms. The minimum absolute atomic E-state index is 0.220. The third-order valence-corrected chi connectivity index (χ3v) is 5.05. The van der Waals surface area contributed by atoms with Crippen molar-refractivity contribution in [3.8, 4) is 0 Å². The summed E-state index contributed by atoms with van der Waals surface area (Å²) in [4.78, 5) is 35.4. The van der Waals surface area contributed by atoms with E-state index in [2.05, 4.69) is 4.74 Å². The molecule has 6 nitrogen and oxygen atoms in total. The number of hydrogen-bond donors (Lipinski definition) is 0. The van der Waals surface area contributed by atoms with Crippen LogP contribution in [0.4, 0.5) is 39.5 Å². The normalized spacial score (nSPS) is 14.4. The fourth-order valence-electron chi connectivity index (χ4n) is 2.88. The first kappa shape index (κ1) is 34.8. The molecule has 0 spiro atoms. The number of ether oxygens (including phenoxy) is 3. The second-order valence-corrected chi connectivity index (χ2v) is 9.76. The summed E-state index contributed by atoms with van der Waals surface area (Å²) >= 11 is 0. The van der Waals surface area contributed by atoms with Crippen molar-refractivity contribution in [1.82, 2.24) is 0 Å². The Morgan fingerprint density at radius 2 is 1.11 bits per heavy atom. The standard InChI is InChI=1S/C22H31F9O6/c1-13(2)12-14(18(3,4)5)17(34)37-11-10-36-16(33)7-6-15(32)35-9-8-19(23,24)20(25,26)21(27,28)22(29,30)31/h13-14H,6-12H2,1-5H3. The molecule has 0 aromatic rings. The fourth-order valence-corrected chi connectivity index (χ4v) is 2.88. The summed E-state index contributed by atoms with van der Waals surface area (Å²) in [5.74, 6) is -22.8. The highest BCUT2D eigenvalue weighted by atomic mass is 19.4. The van der Waals surface area contributed by atoms with Gasteiger partial charge in [0.15, 0.2) is 0 Å². The molecule has 0 bridgehead atoms. The topological polar surface area (TPSA) is 78.9 Å². The van der Waals surface area contributed by atoms with Gasteiger partial charge in [0.2, 0.25) is 0 Å². The molecule has 0 aromatic carbocycles. The van der Waals surface area contributed by atoms with Gasteiger partial charge >= 0.3 is 41.9 Å². The van der Waals surface area contributed by atoms with E-state index in [4.69, 9.17) is 9.47 Å². The van der Waals surface area contributed by atoms with Gasteiger partial charge < -0.3 is 14.2 Å². The molecule has 0 rings (SSSR count). The summed E-state index contributed by atoms with van der Waals surface area (Å²) in [6.07, 6.45) is -10.2. The van der Waals surface area contributed by atoms with Crippen molar-refractivity contribution >= 4 is 17.9 Å². The Morgan fingerprint density at radius 3 is 1.51 bits per heavy atom. The van der Waals surface area contributed by atoms with Crippen molar-refractivity contribution in [3.05, 3.63) is 0 Å². The molecule has 0 aliphatic carbocycles. The van der Waals surface area contributed by atoms with Gasteiger partial charge in [0, 0.05) is 0 Å². The Hall–Kier alpha value is -2.22. The van der Waals surface area contributed by atoms with Crippen molar-refractivity contribution in [3.63, 3.8) is 0 Å². The molecule has 0 amide bonds.